The van der Waals surface area contributed by atoms with Crippen LogP contribution in [0.3, 0.4) is 0 Å². The number of amides is 1. The largest absolute Gasteiger partial charge is 0.495 e. The molecule has 0 saturated heterocycles. The Labute approximate surface area is 166 Å². The molecule has 0 aliphatic heterocycles. The third-order valence-electron chi connectivity index (χ3n) is 4.45. The summed E-state index contributed by atoms with van der Waals surface area (Å²) in [5, 5.41) is 2.93. The summed E-state index contributed by atoms with van der Waals surface area (Å²) in [5.41, 5.74) is 1.45. The monoisotopic (exact) mass is 389 g/mol. The Morgan fingerprint density at radius 1 is 1.10 bits per heavy atom. The summed E-state index contributed by atoms with van der Waals surface area (Å²) in [6.45, 7) is 1.84. The SMILES string of the molecule is COc1ccccc1N(Cc1nc2nc(C)cc(=O)n2[nH]1)C(=O)c1ccccc1. The number of H-pyrrole nitrogens is 1. The van der Waals surface area contributed by atoms with Crippen molar-refractivity contribution >= 4 is 17.4 Å². The Morgan fingerprint density at radius 3 is 2.59 bits per heavy atom. The third kappa shape index (κ3) is 3.60. The summed E-state index contributed by atoms with van der Waals surface area (Å²) in [6.07, 6.45) is 0. The van der Waals surface area contributed by atoms with Crippen LogP contribution in [0, 0.1) is 6.92 Å². The minimum Gasteiger partial charge on any atom is -0.495 e. The van der Waals surface area contributed by atoms with E-state index >= 15 is 0 Å². The normalized spacial score (nSPS) is 10.8. The molecular formula is C21H19N5O3. The van der Waals surface area contributed by atoms with Crippen molar-refractivity contribution < 1.29 is 9.53 Å². The number of carbonyl (C=O) groups excluding carboxylic acids is 1. The van der Waals surface area contributed by atoms with Crippen molar-refractivity contribution in [3.8, 4) is 5.75 Å². The molecule has 0 saturated carbocycles. The highest BCUT2D eigenvalue weighted by Crippen LogP contribution is 2.30. The third-order valence-corrected chi connectivity index (χ3v) is 4.45. The second-order valence-electron chi connectivity index (χ2n) is 6.47. The number of hydrogen-bond donors (Lipinski definition) is 1. The summed E-state index contributed by atoms with van der Waals surface area (Å²) < 4.78 is 6.71. The molecule has 2 aromatic carbocycles. The van der Waals surface area contributed by atoms with Gasteiger partial charge in [0.1, 0.15) is 11.6 Å². The quantitative estimate of drug-likeness (QED) is 0.566. The van der Waals surface area contributed by atoms with E-state index in [2.05, 4.69) is 15.1 Å². The van der Waals surface area contributed by atoms with E-state index < -0.39 is 0 Å². The summed E-state index contributed by atoms with van der Waals surface area (Å²) in [7, 11) is 1.55. The molecule has 0 aliphatic rings. The molecule has 29 heavy (non-hydrogen) atoms. The van der Waals surface area contributed by atoms with E-state index in [4.69, 9.17) is 4.74 Å². The molecule has 0 unspecified atom stereocenters. The lowest BCUT2D eigenvalue weighted by molar-refractivity contribution is 0.0983. The molecule has 4 aromatic rings. The van der Waals surface area contributed by atoms with Crippen LogP contribution in [0.4, 0.5) is 5.69 Å². The summed E-state index contributed by atoms with van der Waals surface area (Å²) in [5.74, 6) is 1.03. The minimum absolute atomic E-state index is 0.107. The molecule has 8 heteroatoms. The number of nitrogens with one attached hydrogen (secondary N) is 1. The van der Waals surface area contributed by atoms with Gasteiger partial charge in [-0.05, 0) is 31.2 Å². The average molecular weight is 389 g/mol. The first-order chi connectivity index (χ1) is 14.1. The predicted molar refractivity (Wildman–Crippen MR) is 108 cm³/mol. The van der Waals surface area contributed by atoms with Gasteiger partial charge in [-0.25, -0.2) is 4.98 Å². The van der Waals surface area contributed by atoms with Crippen molar-refractivity contribution in [1.82, 2.24) is 19.6 Å². The number of anilines is 1. The molecule has 0 spiro atoms. The molecule has 0 atom stereocenters. The number of nitrogens with zero attached hydrogens (tertiary/aromatic N) is 4. The van der Waals surface area contributed by atoms with Gasteiger partial charge in [-0.2, -0.15) is 9.50 Å². The number of aryl methyl sites for hydroxylation is 1. The molecule has 2 heterocycles. The molecule has 0 radical (unpaired) electrons. The molecule has 4 rings (SSSR count). The molecule has 2 aromatic heterocycles. The first kappa shape index (κ1) is 18.4. The van der Waals surface area contributed by atoms with Gasteiger partial charge in [0.05, 0.1) is 19.3 Å². The average Bonchev–Trinajstić information content (AvgIpc) is 3.15. The standard InChI is InChI=1S/C21H19N5O3/c1-14-12-19(27)26-21(22-14)23-18(24-26)13-25(16-10-6-7-11-17(16)29-2)20(28)15-8-4-3-5-9-15/h3-12H,13H2,1-2H3,(H,22,23,24). The second kappa shape index (κ2) is 7.59. The van der Waals surface area contributed by atoms with Crippen LogP contribution >= 0.6 is 0 Å². The van der Waals surface area contributed by atoms with Crippen LogP contribution in [0.2, 0.25) is 0 Å². The van der Waals surface area contributed by atoms with Gasteiger partial charge in [0.2, 0.25) is 0 Å². The smallest absolute Gasteiger partial charge is 0.274 e. The molecule has 0 aliphatic carbocycles. The zero-order chi connectivity index (χ0) is 20.4. The number of para-hydroxylation sites is 2. The number of benzene rings is 2. The Kier molecular flexibility index (Phi) is 4.82. The van der Waals surface area contributed by atoms with E-state index in [1.54, 1.807) is 55.3 Å². The number of carbonyl (C=O) groups is 1. The molecule has 1 amide bonds. The van der Waals surface area contributed by atoms with Crippen LogP contribution in [0.15, 0.2) is 65.5 Å². The molecule has 1 N–H and O–H groups in total. The second-order valence-corrected chi connectivity index (χ2v) is 6.47. The zero-order valence-electron chi connectivity index (χ0n) is 16.0. The van der Waals surface area contributed by atoms with Crippen LogP contribution < -0.4 is 15.2 Å². The highest BCUT2D eigenvalue weighted by molar-refractivity contribution is 6.06. The van der Waals surface area contributed by atoms with Crippen molar-refractivity contribution in [2.24, 2.45) is 0 Å². The number of fused-ring (bicyclic) bond motifs is 1. The molecule has 0 fully saturated rings. The topological polar surface area (TPSA) is 92.6 Å². The highest BCUT2D eigenvalue weighted by Gasteiger charge is 2.23. The number of aromatic nitrogens is 4. The summed E-state index contributed by atoms with van der Waals surface area (Å²) in [4.78, 5) is 35.7. The number of hydrogen-bond acceptors (Lipinski definition) is 5. The van der Waals surface area contributed by atoms with Crippen LogP contribution in [0.5, 0.6) is 5.75 Å². The van der Waals surface area contributed by atoms with E-state index in [9.17, 15) is 9.59 Å². The zero-order valence-corrected chi connectivity index (χ0v) is 16.0. The summed E-state index contributed by atoms with van der Waals surface area (Å²) >= 11 is 0. The van der Waals surface area contributed by atoms with Gasteiger partial charge in [0, 0.05) is 17.3 Å². The van der Waals surface area contributed by atoms with Gasteiger partial charge in [0.25, 0.3) is 17.2 Å². The van der Waals surface area contributed by atoms with Gasteiger partial charge >= 0.3 is 0 Å². The maximum absolute atomic E-state index is 13.3. The van der Waals surface area contributed by atoms with Crippen molar-refractivity contribution in [3.63, 3.8) is 0 Å². The van der Waals surface area contributed by atoms with Crippen LogP contribution in [0.1, 0.15) is 21.9 Å². The Balaban J connectivity index is 1.79. The van der Waals surface area contributed by atoms with Gasteiger partial charge < -0.3 is 4.74 Å². The number of aromatic amines is 1. The van der Waals surface area contributed by atoms with Crippen molar-refractivity contribution in [1.29, 1.82) is 0 Å². The first-order valence-electron chi connectivity index (χ1n) is 9.02. The maximum atomic E-state index is 13.3. The first-order valence-corrected chi connectivity index (χ1v) is 9.02. The summed E-state index contributed by atoms with van der Waals surface area (Å²) in [6, 6.07) is 17.6. The van der Waals surface area contributed by atoms with E-state index in [0.29, 0.717) is 28.5 Å². The van der Waals surface area contributed by atoms with E-state index in [1.807, 2.05) is 18.2 Å². The maximum Gasteiger partial charge on any atom is 0.274 e. The molecule has 146 valence electrons. The number of ether oxygens (including phenoxy) is 1. The van der Waals surface area contributed by atoms with Crippen LogP contribution in [0.25, 0.3) is 5.78 Å². The van der Waals surface area contributed by atoms with E-state index in [0.717, 1.165) is 0 Å². The number of methoxy groups -OCH3 is 1. The fraction of sp³-hybridized carbons (Fsp3) is 0.143. The van der Waals surface area contributed by atoms with Crippen LogP contribution in [-0.4, -0.2) is 32.6 Å². The van der Waals surface area contributed by atoms with Crippen molar-refractivity contribution in [2.45, 2.75) is 13.5 Å². The Morgan fingerprint density at radius 2 is 1.83 bits per heavy atom. The van der Waals surface area contributed by atoms with Gasteiger partial charge in [-0.3, -0.25) is 19.6 Å². The Hall–Kier alpha value is -3.94. The lowest BCUT2D eigenvalue weighted by Crippen LogP contribution is -2.31. The van der Waals surface area contributed by atoms with E-state index in [-0.39, 0.29) is 23.8 Å². The highest BCUT2D eigenvalue weighted by atomic mass is 16.5. The fourth-order valence-corrected chi connectivity index (χ4v) is 3.11. The molecule has 0 bridgehead atoms. The van der Waals surface area contributed by atoms with Gasteiger partial charge in [0.15, 0.2) is 0 Å². The lowest BCUT2D eigenvalue weighted by atomic mass is 10.1. The number of rotatable bonds is 5. The lowest BCUT2D eigenvalue weighted by Gasteiger charge is -2.23. The van der Waals surface area contributed by atoms with E-state index in [1.165, 1.54) is 10.6 Å². The molecule has 8 nitrogen and oxygen atoms in total. The molecular weight excluding hydrogens is 370 g/mol. The minimum atomic E-state index is -0.260. The Bertz CT molecular complexity index is 1230. The fourth-order valence-electron chi connectivity index (χ4n) is 3.11. The van der Waals surface area contributed by atoms with Gasteiger partial charge in [-0.1, -0.05) is 30.3 Å². The van der Waals surface area contributed by atoms with Crippen LogP contribution in [-0.2, 0) is 6.54 Å². The van der Waals surface area contributed by atoms with Crippen molar-refractivity contribution in [3.05, 3.63) is 88.1 Å². The predicted octanol–water partition coefficient (Wildman–Crippen LogP) is 2.58. The van der Waals surface area contributed by atoms with Gasteiger partial charge in [-0.15, -0.1) is 0 Å². The van der Waals surface area contributed by atoms with Crippen molar-refractivity contribution in [2.75, 3.05) is 12.0 Å².